The van der Waals surface area contributed by atoms with E-state index in [2.05, 4.69) is 47.4 Å². The second-order valence-corrected chi connectivity index (χ2v) is 6.30. The maximum Gasteiger partial charge on any atom is 0.160 e. The van der Waals surface area contributed by atoms with Gasteiger partial charge in [0.2, 0.25) is 0 Å². The Bertz CT molecular complexity index is 831. The lowest BCUT2D eigenvalue weighted by Gasteiger charge is -2.18. The molecule has 26 heavy (non-hydrogen) atoms. The summed E-state index contributed by atoms with van der Waals surface area (Å²) < 4.78 is 12.6. The summed E-state index contributed by atoms with van der Waals surface area (Å²) in [4.78, 5) is 2.32. The molecule has 3 rings (SSSR count). The van der Waals surface area contributed by atoms with Gasteiger partial charge in [0.05, 0.1) is 19.9 Å². The van der Waals surface area contributed by atoms with Crippen molar-refractivity contribution in [2.75, 3.05) is 27.8 Å². The number of likely N-dealkylation sites (N-methyl/N-ethyl adjacent to an activating group) is 1. The predicted octanol–water partition coefficient (Wildman–Crippen LogP) is 3.56. The largest absolute Gasteiger partial charge is 0.493 e. The molecule has 1 aromatic heterocycles. The molecule has 0 saturated heterocycles. The Morgan fingerprint density at radius 2 is 1.81 bits per heavy atom. The summed E-state index contributed by atoms with van der Waals surface area (Å²) in [6.45, 7) is 1.85. The van der Waals surface area contributed by atoms with Gasteiger partial charge < -0.3 is 14.4 Å². The topological polar surface area (TPSA) is 39.5 Å². The molecule has 0 bridgehead atoms. The number of aromatic nitrogens is 2. The number of ether oxygens (including phenoxy) is 2. The summed E-state index contributed by atoms with van der Waals surface area (Å²) >= 11 is 0. The van der Waals surface area contributed by atoms with Gasteiger partial charge in [-0.1, -0.05) is 18.2 Å². The first-order valence-electron chi connectivity index (χ1n) is 8.68. The van der Waals surface area contributed by atoms with Gasteiger partial charge in [-0.15, -0.1) is 0 Å². The highest BCUT2D eigenvalue weighted by atomic mass is 16.5. The van der Waals surface area contributed by atoms with E-state index in [1.54, 1.807) is 20.4 Å². The SMILES string of the molecule is COc1ccc(CCN(C)Cc2cccc(-n3cccn3)c2)cc1OC. The Morgan fingerprint density at radius 1 is 0.962 bits per heavy atom. The molecule has 5 heteroatoms. The first kappa shape index (κ1) is 18.0. The fraction of sp³-hybridized carbons (Fsp3) is 0.286. The zero-order valence-corrected chi connectivity index (χ0v) is 15.6. The smallest absolute Gasteiger partial charge is 0.160 e. The molecule has 2 aromatic carbocycles. The van der Waals surface area contributed by atoms with Crippen molar-refractivity contribution in [3.8, 4) is 17.2 Å². The van der Waals surface area contributed by atoms with Crippen molar-refractivity contribution in [1.29, 1.82) is 0 Å². The van der Waals surface area contributed by atoms with Gasteiger partial charge >= 0.3 is 0 Å². The van der Waals surface area contributed by atoms with Crippen LogP contribution in [0.1, 0.15) is 11.1 Å². The Labute approximate surface area is 154 Å². The highest BCUT2D eigenvalue weighted by Crippen LogP contribution is 2.27. The Morgan fingerprint density at radius 3 is 2.54 bits per heavy atom. The summed E-state index contributed by atoms with van der Waals surface area (Å²) in [7, 11) is 5.46. The number of methoxy groups -OCH3 is 2. The van der Waals surface area contributed by atoms with Gasteiger partial charge in [0.1, 0.15) is 0 Å². The van der Waals surface area contributed by atoms with E-state index in [1.165, 1.54) is 11.1 Å². The minimum atomic E-state index is 0.764. The molecule has 0 spiro atoms. The van der Waals surface area contributed by atoms with E-state index in [0.29, 0.717) is 0 Å². The highest BCUT2D eigenvalue weighted by Gasteiger charge is 2.07. The van der Waals surface area contributed by atoms with Gasteiger partial charge in [-0.2, -0.15) is 5.10 Å². The molecular formula is C21H25N3O2. The third kappa shape index (κ3) is 4.43. The van der Waals surface area contributed by atoms with Crippen LogP contribution in [0.15, 0.2) is 60.9 Å². The van der Waals surface area contributed by atoms with Crippen LogP contribution in [0.5, 0.6) is 11.5 Å². The van der Waals surface area contributed by atoms with Gasteiger partial charge in [-0.25, -0.2) is 4.68 Å². The molecule has 0 radical (unpaired) electrons. The third-order valence-electron chi connectivity index (χ3n) is 4.36. The van der Waals surface area contributed by atoms with Crippen molar-refractivity contribution in [3.05, 3.63) is 72.1 Å². The maximum absolute atomic E-state index is 5.38. The number of nitrogens with zero attached hydrogens (tertiary/aromatic N) is 3. The van der Waals surface area contributed by atoms with Gasteiger partial charge in [-0.05, 0) is 54.9 Å². The molecule has 0 aliphatic carbocycles. The number of rotatable bonds is 8. The summed E-state index contributed by atoms with van der Waals surface area (Å²) in [5.41, 5.74) is 3.59. The molecule has 0 aliphatic heterocycles. The van der Waals surface area contributed by atoms with Crippen LogP contribution >= 0.6 is 0 Å². The standard InChI is InChI=1S/C21H25N3O2/c1-23(13-10-17-8-9-20(25-2)21(15-17)26-3)16-18-6-4-7-19(14-18)24-12-5-11-22-24/h4-9,11-12,14-15H,10,13,16H2,1-3H3. The molecule has 136 valence electrons. The fourth-order valence-electron chi connectivity index (χ4n) is 2.97. The van der Waals surface area contributed by atoms with E-state index >= 15 is 0 Å². The highest BCUT2D eigenvalue weighted by molar-refractivity contribution is 5.43. The average Bonchev–Trinajstić information content (AvgIpc) is 3.21. The van der Waals surface area contributed by atoms with Gasteiger partial charge in [-0.3, -0.25) is 0 Å². The maximum atomic E-state index is 5.38. The molecule has 5 nitrogen and oxygen atoms in total. The first-order valence-corrected chi connectivity index (χ1v) is 8.68. The molecule has 3 aromatic rings. The van der Waals surface area contributed by atoms with Crippen LogP contribution in [0.3, 0.4) is 0 Å². The van der Waals surface area contributed by atoms with E-state index in [9.17, 15) is 0 Å². The molecule has 0 N–H and O–H groups in total. The fourth-order valence-corrected chi connectivity index (χ4v) is 2.97. The Hall–Kier alpha value is -2.79. The van der Waals surface area contributed by atoms with Crippen LogP contribution in [-0.2, 0) is 13.0 Å². The van der Waals surface area contributed by atoms with E-state index in [1.807, 2.05) is 29.1 Å². The monoisotopic (exact) mass is 351 g/mol. The lowest BCUT2D eigenvalue weighted by atomic mass is 10.1. The summed E-state index contributed by atoms with van der Waals surface area (Å²) in [5, 5.41) is 4.29. The minimum absolute atomic E-state index is 0.764. The first-order chi connectivity index (χ1) is 12.7. The zero-order chi connectivity index (χ0) is 18.4. The molecular weight excluding hydrogens is 326 g/mol. The molecule has 0 unspecified atom stereocenters. The molecule has 0 amide bonds. The molecule has 0 saturated carbocycles. The zero-order valence-electron chi connectivity index (χ0n) is 15.6. The van der Waals surface area contributed by atoms with Crippen LogP contribution in [0.2, 0.25) is 0 Å². The van der Waals surface area contributed by atoms with Gasteiger partial charge in [0.15, 0.2) is 11.5 Å². The molecule has 0 atom stereocenters. The third-order valence-corrected chi connectivity index (χ3v) is 4.36. The van der Waals surface area contributed by atoms with E-state index in [4.69, 9.17) is 9.47 Å². The van der Waals surface area contributed by atoms with Crippen LogP contribution in [0.25, 0.3) is 5.69 Å². The molecule has 0 fully saturated rings. The van der Waals surface area contributed by atoms with Crippen LogP contribution in [0, 0.1) is 0 Å². The van der Waals surface area contributed by atoms with Crippen molar-refractivity contribution < 1.29 is 9.47 Å². The van der Waals surface area contributed by atoms with E-state index in [-0.39, 0.29) is 0 Å². The van der Waals surface area contributed by atoms with Crippen LogP contribution in [-0.4, -0.2) is 42.5 Å². The number of hydrogen-bond donors (Lipinski definition) is 0. The normalized spacial score (nSPS) is 10.9. The molecule has 0 aliphatic rings. The quantitative estimate of drug-likeness (QED) is 0.622. The lowest BCUT2D eigenvalue weighted by molar-refractivity contribution is 0.330. The van der Waals surface area contributed by atoms with Gasteiger partial charge in [0.25, 0.3) is 0 Å². The van der Waals surface area contributed by atoms with E-state index in [0.717, 1.165) is 36.7 Å². The average molecular weight is 351 g/mol. The van der Waals surface area contributed by atoms with E-state index < -0.39 is 0 Å². The number of benzene rings is 2. The predicted molar refractivity (Wildman–Crippen MR) is 103 cm³/mol. The molecule has 1 heterocycles. The Kier molecular flexibility index (Phi) is 5.92. The van der Waals surface area contributed by atoms with Crippen molar-refractivity contribution in [2.45, 2.75) is 13.0 Å². The second-order valence-electron chi connectivity index (χ2n) is 6.30. The second kappa shape index (κ2) is 8.54. The van der Waals surface area contributed by atoms with Crippen molar-refractivity contribution in [1.82, 2.24) is 14.7 Å². The van der Waals surface area contributed by atoms with Crippen molar-refractivity contribution in [3.63, 3.8) is 0 Å². The van der Waals surface area contributed by atoms with Crippen molar-refractivity contribution in [2.24, 2.45) is 0 Å². The van der Waals surface area contributed by atoms with Gasteiger partial charge in [0, 0.05) is 25.5 Å². The van der Waals surface area contributed by atoms with Crippen molar-refractivity contribution >= 4 is 0 Å². The Balaban J connectivity index is 1.59. The summed E-state index contributed by atoms with van der Waals surface area (Å²) in [6, 6.07) is 16.5. The minimum Gasteiger partial charge on any atom is -0.493 e. The summed E-state index contributed by atoms with van der Waals surface area (Å²) in [5.74, 6) is 1.54. The summed E-state index contributed by atoms with van der Waals surface area (Å²) in [6.07, 6.45) is 4.71. The van der Waals surface area contributed by atoms with Crippen LogP contribution < -0.4 is 9.47 Å². The number of hydrogen-bond acceptors (Lipinski definition) is 4. The van der Waals surface area contributed by atoms with Crippen LogP contribution in [0.4, 0.5) is 0 Å². The lowest BCUT2D eigenvalue weighted by Crippen LogP contribution is -2.20.